The van der Waals surface area contributed by atoms with Gasteiger partial charge in [0.15, 0.2) is 0 Å². The molecule has 0 fully saturated rings. The Morgan fingerprint density at radius 3 is 2.44 bits per heavy atom. The van der Waals surface area contributed by atoms with Gasteiger partial charge in [0.1, 0.15) is 0 Å². The van der Waals surface area contributed by atoms with Crippen LogP contribution in [0.2, 0.25) is 0 Å². The largest absolute Gasteiger partial charge is 0.416 e. The average Bonchev–Trinajstić information content (AvgIpc) is 2.24. The maximum atomic E-state index is 12.6. The minimum atomic E-state index is -4.25. The fourth-order valence-corrected chi connectivity index (χ4v) is 1.54. The van der Waals surface area contributed by atoms with Gasteiger partial charge in [-0.25, -0.2) is 0 Å². The van der Waals surface area contributed by atoms with Crippen LogP contribution in [0.5, 0.6) is 0 Å². The molecule has 1 N–H and O–H groups in total. The Labute approximate surface area is 93.7 Å². The van der Waals surface area contributed by atoms with Gasteiger partial charge in [0.25, 0.3) is 0 Å². The van der Waals surface area contributed by atoms with Crippen molar-refractivity contribution in [2.24, 2.45) is 0 Å². The normalized spacial score (nSPS) is 11.8. The highest BCUT2D eigenvalue weighted by Crippen LogP contribution is 2.31. The van der Waals surface area contributed by atoms with Crippen molar-refractivity contribution in [3.8, 4) is 0 Å². The number of benzene rings is 1. The van der Waals surface area contributed by atoms with Gasteiger partial charge in [-0.1, -0.05) is 25.1 Å². The molecule has 1 aromatic carbocycles. The molecule has 0 saturated carbocycles. The third-order valence-electron chi connectivity index (χ3n) is 2.32. The maximum Gasteiger partial charge on any atom is 0.416 e. The summed E-state index contributed by atoms with van der Waals surface area (Å²) in [7, 11) is 0. The molecule has 0 heterocycles. The zero-order valence-electron chi connectivity index (χ0n) is 9.27. The standard InChI is InChI=1S/C12H16F3N/c1-2-8-16-9-7-10-5-3-4-6-11(10)12(13,14)15/h3-6,16H,2,7-9H2,1H3. The van der Waals surface area contributed by atoms with E-state index in [1.807, 2.05) is 6.92 Å². The lowest BCUT2D eigenvalue weighted by Gasteiger charge is -2.12. The first-order valence-electron chi connectivity index (χ1n) is 5.41. The summed E-state index contributed by atoms with van der Waals surface area (Å²) in [5.41, 5.74) is -0.160. The number of hydrogen-bond donors (Lipinski definition) is 1. The Morgan fingerprint density at radius 1 is 1.12 bits per heavy atom. The first-order chi connectivity index (χ1) is 7.55. The van der Waals surface area contributed by atoms with Gasteiger partial charge in [0, 0.05) is 0 Å². The number of hydrogen-bond acceptors (Lipinski definition) is 1. The predicted octanol–water partition coefficient (Wildman–Crippen LogP) is 3.25. The van der Waals surface area contributed by atoms with Crippen LogP contribution in [0.4, 0.5) is 13.2 Å². The number of alkyl halides is 3. The second-order valence-corrected chi connectivity index (χ2v) is 3.65. The van der Waals surface area contributed by atoms with Gasteiger partial charge in [0.05, 0.1) is 5.56 Å². The van der Waals surface area contributed by atoms with E-state index in [9.17, 15) is 13.2 Å². The van der Waals surface area contributed by atoms with Crippen LogP contribution in [-0.2, 0) is 12.6 Å². The first kappa shape index (κ1) is 13.0. The Bertz CT molecular complexity index is 320. The van der Waals surface area contributed by atoms with Crippen molar-refractivity contribution < 1.29 is 13.2 Å². The lowest BCUT2D eigenvalue weighted by atomic mass is 10.0. The predicted molar refractivity (Wildman–Crippen MR) is 58.3 cm³/mol. The van der Waals surface area contributed by atoms with Crippen LogP contribution in [0.1, 0.15) is 24.5 Å². The lowest BCUT2D eigenvalue weighted by molar-refractivity contribution is -0.138. The van der Waals surface area contributed by atoms with E-state index in [0.717, 1.165) is 19.0 Å². The molecule has 90 valence electrons. The van der Waals surface area contributed by atoms with Crippen molar-refractivity contribution in [1.82, 2.24) is 5.32 Å². The molecular weight excluding hydrogens is 215 g/mol. The van der Waals surface area contributed by atoms with Gasteiger partial charge in [-0.2, -0.15) is 13.2 Å². The van der Waals surface area contributed by atoms with Crippen molar-refractivity contribution in [3.05, 3.63) is 35.4 Å². The molecular formula is C12H16F3N. The van der Waals surface area contributed by atoms with Gasteiger partial charge in [-0.05, 0) is 37.6 Å². The van der Waals surface area contributed by atoms with E-state index < -0.39 is 11.7 Å². The monoisotopic (exact) mass is 231 g/mol. The van der Waals surface area contributed by atoms with Gasteiger partial charge >= 0.3 is 6.18 Å². The second-order valence-electron chi connectivity index (χ2n) is 3.65. The molecule has 0 aliphatic rings. The minimum absolute atomic E-state index is 0.360. The summed E-state index contributed by atoms with van der Waals surface area (Å²) >= 11 is 0. The van der Waals surface area contributed by atoms with Crippen LogP contribution in [-0.4, -0.2) is 13.1 Å². The summed E-state index contributed by atoms with van der Waals surface area (Å²) in [5, 5.41) is 3.09. The molecule has 1 rings (SSSR count). The topological polar surface area (TPSA) is 12.0 Å². The van der Waals surface area contributed by atoms with Crippen LogP contribution in [0.3, 0.4) is 0 Å². The van der Waals surface area contributed by atoms with E-state index in [0.29, 0.717) is 18.5 Å². The molecule has 0 unspecified atom stereocenters. The smallest absolute Gasteiger partial charge is 0.316 e. The molecule has 0 spiro atoms. The fourth-order valence-electron chi connectivity index (χ4n) is 1.54. The van der Waals surface area contributed by atoms with E-state index in [1.165, 1.54) is 12.1 Å². The average molecular weight is 231 g/mol. The Hall–Kier alpha value is -1.03. The summed E-state index contributed by atoms with van der Waals surface area (Å²) in [6, 6.07) is 5.74. The van der Waals surface area contributed by atoms with Crippen molar-refractivity contribution in [3.63, 3.8) is 0 Å². The van der Waals surface area contributed by atoms with Crippen LogP contribution in [0.25, 0.3) is 0 Å². The zero-order valence-corrected chi connectivity index (χ0v) is 9.27. The molecule has 0 aromatic heterocycles. The molecule has 0 radical (unpaired) electrons. The first-order valence-corrected chi connectivity index (χ1v) is 5.41. The van der Waals surface area contributed by atoms with Crippen LogP contribution < -0.4 is 5.32 Å². The highest BCUT2D eigenvalue weighted by molar-refractivity contribution is 5.29. The molecule has 0 bridgehead atoms. The number of nitrogens with one attached hydrogen (secondary N) is 1. The van der Waals surface area contributed by atoms with E-state index in [2.05, 4.69) is 5.32 Å². The van der Waals surface area contributed by atoms with E-state index in [-0.39, 0.29) is 0 Å². The molecule has 0 atom stereocenters. The SMILES string of the molecule is CCCNCCc1ccccc1C(F)(F)F. The van der Waals surface area contributed by atoms with Gasteiger partial charge < -0.3 is 5.32 Å². The van der Waals surface area contributed by atoms with E-state index in [4.69, 9.17) is 0 Å². The summed E-state index contributed by atoms with van der Waals surface area (Å²) < 4.78 is 37.8. The van der Waals surface area contributed by atoms with Crippen LogP contribution in [0.15, 0.2) is 24.3 Å². The van der Waals surface area contributed by atoms with E-state index >= 15 is 0 Å². The fraction of sp³-hybridized carbons (Fsp3) is 0.500. The highest BCUT2D eigenvalue weighted by atomic mass is 19.4. The molecule has 16 heavy (non-hydrogen) atoms. The summed E-state index contributed by atoms with van der Waals surface area (Å²) in [6.07, 6.45) is -2.85. The molecule has 0 aliphatic heterocycles. The van der Waals surface area contributed by atoms with Crippen molar-refractivity contribution >= 4 is 0 Å². The van der Waals surface area contributed by atoms with Gasteiger partial charge in [0.2, 0.25) is 0 Å². The minimum Gasteiger partial charge on any atom is -0.316 e. The van der Waals surface area contributed by atoms with Crippen molar-refractivity contribution in [2.75, 3.05) is 13.1 Å². The van der Waals surface area contributed by atoms with Gasteiger partial charge in [-0.15, -0.1) is 0 Å². The van der Waals surface area contributed by atoms with Crippen molar-refractivity contribution in [1.29, 1.82) is 0 Å². The Kier molecular flexibility index (Phi) is 4.80. The summed E-state index contributed by atoms with van der Waals surface area (Å²) in [5.74, 6) is 0. The van der Waals surface area contributed by atoms with Gasteiger partial charge in [-0.3, -0.25) is 0 Å². The Morgan fingerprint density at radius 2 is 1.81 bits per heavy atom. The summed E-state index contributed by atoms with van der Waals surface area (Å²) in [4.78, 5) is 0. The third-order valence-corrected chi connectivity index (χ3v) is 2.32. The second kappa shape index (κ2) is 5.89. The maximum absolute atomic E-state index is 12.6. The highest BCUT2D eigenvalue weighted by Gasteiger charge is 2.32. The molecule has 0 aliphatic carbocycles. The third kappa shape index (κ3) is 3.85. The zero-order chi connectivity index (χ0) is 12.0. The van der Waals surface area contributed by atoms with Crippen molar-refractivity contribution in [2.45, 2.75) is 25.9 Å². The molecule has 1 nitrogen and oxygen atoms in total. The Balaban J connectivity index is 2.65. The lowest BCUT2D eigenvalue weighted by Crippen LogP contribution is -2.19. The van der Waals surface area contributed by atoms with E-state index in [1.54, 1.807) is 6.07 Å². The molecule has 0 saturated heterocycles. The summed E-state index contributed by atoms with van der Waals surface area (Å²) in [6.45, 7) is 3.45. The number of halogens is 3. The number of rotatable bonds is 5. The van der Waals surface area contributed by atoms with Crippen LogP contribution >= 0.6 is 0 Å². The molecule has 4 heteroatoms. The van der Waals surface area contributed by atoms with Crippen LogP contribution in [0, 0.1) is 0 Å². The quantitative estimate of drug-likeness (QED) is 0.767. The molecule has 1 aromatic rings. The molecule has 0 amide bonds.